The maximum atomic E-state index is 13.2. The van der Waals surface area contributed by atoms with E-state index in [1.54, 1.807) is 6.07 Å². The summed E-state index contributed by atoms with van der Waals surface area (Å²) in [6.45, 7) is 0.895. The summed E-state index contributed by atoms with van der Waals surface area (Å²) in [5.41, 5.74) is -0.0520. The molecule has 128 valence electrons. The molecule has 0 bridgehead atoms. The maximum absolute atomic E-state index is 13.2. The maximum Gasteiger partial charge on any atom is 0.263 e. The summed E-state index contributed by atoms with van der Waals surface area (Å²) in [6, 6.07) is 5.87. The first-order chi connectivity index (χ1) is 11.3. The molecule has 1 aromatic carbocycles. The van der Waals surface area contributed by atoms with Crippen molar-refractivity contribution in [3.05, 3.63) is 48.2 Å². The Morgan fingerprint density at radius 2 is 1.96 bits per heavy atom. The van der Waals surface area contributed by atoms with E-state index in [-0.39, 0.29) is 10.6 Å². The highest BCUT2D eigenvalue weighted by Crippen LogP contribution is 2.30. The van der Waals surface area contributed by atoms with Crippen molar-refractivity contribution in [3.63, 3.8) is 0 Å². The molecule has 3 rings (SSSR count). The average molecular weight is 353 g/mol. The highest BCUT2D eigenvalue weighted by Gasteiger charge is 2.23. The minimum absolute atomic E-state index is 0.0456. The standard InChI is InChI=1S/C16H17F2N3O2S/c1-21(10-11-2-3-11)16-7-5-13(9-19-16)24(22,23)20-12-4-6-14(17)15(18)8-12/h4-9,11,20H,2-3,10H2,1H3. The molecule has 0 aliphatic heterocycles. The summed E-state index contributed by atoms with van der Waals surface area (Å²) in [4.78, 5) is 6.11. The molecule has 1 aromatic heterocycles. The van der Waals surface area contributed by atoms with Crippen LogP contribution >= 0.6 is 0 Å². The van der Waals surface area contributed by atoms with Crippen molar-refractivity contribution < 1.29 is 17.2 Å². The number of pyridine rings is 1. The van der Waals surface area contributed by atoms with Gasteiger partial charge in [-0.05, 0) is 43.0 Å². The summed E-state index contributed by atoms with van der Waals surface area (Å²) < 4.78 is 52.9. The number of rotatable bonds is 6. The Labute approximate surface area is 139 Å². The van der Waals surface area contributed by atoms with Gasteiger partial charge in [0.2, 0.25) is 0 Å². The fourth-order valence-corrected chi connectivity index (χ4v) is 3.31. The van der Waals surface area contributed by atoms with E-state index in [2.05, 4.69) is 9.71 Å². The fraction of sp³-hybridized carbons (Fsp3) is 0.312. The molecular weight excluding hydrogens is 336 g/mol. The van der Waals surface area contributed by atoms with Crippen molar-refractivity contribution in [1.82, 2.24) is 4.98 Å². The van der Waals surface area contributed by atoms with Crippen LogP contribution in [0.15, 0.2) is 41.4 Å². The predicted molar refractivity (Wildman–Crippen MR) is 87.4 cm³/mol. The first-order valence-corrected chi connectivity index (χ1v) is 8.98. The number of sulfonamides is 1. The van der Waals surface area contributed by atoms with Crippen LogP contribution in [0.2, 0.25) is 0 Å². The molecule has 1 saturated carbocycles. The highest BCUT2D eigenvalue weighted by molar-refractivity contribution is 7.92. The molecule has 1 aliphatic rings. The second kappa shape index (κ2) is 6.35. The van der Waals surface area contributed by atoms with E-state index in [0.29, 0.717) is 11.7 Å². The molecule has 5 nitrogen and oxygen atoms in total. The number of halogens is 2. The van der Waals surface area contributed by atoms with E-state index in [4.69, 9.17) is 0 Å². The first kappa shape index (κ1) is 16.6. The molecule has 0 atom stereocenters. The Bertz CT molecular complexity index is 837. The van der Waals surface area contributed by atoms with Crippen LogP contribution in [-0.2, 0) is 10.0 Å². The first-order valence-electron chi connectivity index (χ1n) is 7.50. The smallest absolute Gasteiger partial charge is 0.263 e. The van der Waals surface area contributed by atoms with Crippen LogP contribution in [0.5, 0.6) is 0 Å². The van der Waals surface area contributed by atoms with Gasteiger partial charge in [0.05, 0.1) is 5.69 Å². The average Bonchev–Trinajstić information content (AvgIpc) is 3.35. The number of benzene rings is 1. The van der Waals surface area contributed by atoms with Gasteiger partial charge in [0.1, 0.15) is 10.7 Å². The van der Waals surface area contributed by atoms with Crippen molar-refractivity contribution in [1.29, 1.82) is 0 Å². The third-order valence-corrected chi connectivity index (χ3v) is 5.19. The third-order valence-electron chi connectivity index (χ3n) is 3.82. The van der Waals surface area contributed by atoms with Crippen LogP contribution in [0.25, 0.3) is 0 Å². The van der Waals surface area contributed by atoms with Crippen LogP contribution in [0.3, 0.4) is 0 Å². The van der Waals surface area contributed by atoms with Crippen molar-refractivity contribution >= 4 is 21.5 Å². The monoisotopic (exact) mass is 353 g/mol. The number of aromatic nitrogens is 1. The predicted octanol–water partition coefficient (Wildman–Crippen LogP) is 3.01. The van der Waals surface area contributed by atoms with Gasteiger partial charge in [-0.3, -0.25) is 4.72 Å². The van der Waals surface area contributed by atoms with Gasteiger partial charge in [0.25, 0.3) is 10.0 Å². The van der Waals surface area contributed by atoms with Gasteiger partial charge in [0.15, 0.2) is 11.6 Å². The van der Waals surface area contributed by atoms with Gasteiger partial charge < -0.3 is 4.90 Å². The molecule has 1 fully saturated rings. The summed E-state index contributed by atoms with van der Waals surface area (Å²) in [5, 5.41) is 0. The molecule has 0 spiro atoms. The van der Waals surface area contributed by atoms with Crippen LogP contribution in [0.4, 0.5) is 20.3 Å². The van der Waals surface area contributed by atoms with Gasteiger partial charge in [-0.15, -0.1) is 0 Å². The quantitative estimate of drug-likeness (QED) is 0.867. The lowest BCUT2D eigenvalue weighted by Crippen LogP contribution is -2.21. The second-order valence-electron chi connectivity index (χ2n) is 5.91. The van der Waals surface area contributed by atoms with Gasteiger partial charge in [-0.25, -0.2) is 22.2 Å². The van der Waals surface area contributed by atoms with E-state index in [1.165, 1.54) is 25.1 Å². The van der Waals surface area contributed by atoms with Crippen molar-refractivity contribution in [2.24, 2.45) is 5.92 Å². The third kappa shape index (κ3) is 3.81. The Morgan fingerprint density at radius 1 is 1.21 bits per heavy atom. The topological polar surface area (TPSA) is 62.3 Å². The van der Waals surface area contributed by atoms with E-state index >= 15 is 0 Å². The Morgan fingerprint density at radius 3 is 2.54 bits per heavy atom. The number of nitrogens with one attached hydrogen (secondary N) is 1. The number of hydrogen-bond donors (Lipinski definition) is 1. The van der Waals surface area contributed by atoms with Crippen molar-refractivity contribution in [2.45, 2.75) is 17.7 Å². The Kier molecular flexibility index (Phi) is 4.40. The number of nitrogens with zero attached hydrogens (tertiary/aromatic N) is 2. The molecule has 2 aromatic rings. The zero-order valence-corrected chi connectivity index (χ0v) is 13.9. The van der Waals surface area contributed by atoms with Crippen LogP contribution in [0.1, 0.15) is 12.8 Å². The molecule has 0 radical (unpaired) electrons. The van der Waals surface area contributed by atoms with E-state index < -0.39 is 21.7 Å². The SMILES string of the molecule is CN(CC1CC1)c1ccc(S(=O)(=O)Nc2ccc(F)c(F)c2)cn1. The molecule has 24 heavy (non-hydrogen) atoms. The Balaban J connectivity index is 1.74. The van der Waals surface area contributed by atoms with Gasteiger partial charge >= 0.3 is 0 Å². The zero-order chi connectivity index (χ0) is 17.3. The highest BCUT2D eigenvalue weighted by atomic mass is 32.2. The molecule has 0 unspecified atom stereocenters. The Hall–Kier alpha value is -2.22. The zero-order valence-electron chi connectivity index (χ0n) is 13.0. The van der Waals surface area contributed by atoms with Crippen LogP contribution in [0, 0.1) is 17.6 Å². The van der Waals surface area contributed by atoms with E-state index in [0.717, 1.165) is 24.7 Å². The summed E-state index contributed by atoms with van der Waals surface area (Å²) in [5.74, 6) is -0.781. The minimum Gasteiger partial charge on any atom is -0.359 e. The van der Waals surface area contributed by atoms with Gasteiger partial charge in [-0.1, -0.05) is 0 Å². The van der Waals surface area contributed by atoms with Crippen LogP contribution in [-0.4, -0.2) is 27.0 Å². The molecule has 0 saturated heterocycles. The summed E-state index contributed by atoms with van der Waals surface area (Å²) in [6.07, 6.45) is 3.69. The fourth-order valence-electron chi connectivity index (χ4n) is 2.31. The normalized spacial score (nSPS) is 14.5. The van der Waals surface area contributed by atoms with E-state index in [1.807, 2.05) is 11.9 Å². The van der Waals surface area contributed by atoms with Crippen molar-refractivity contribution in [3.8, 4) is 0 Å². The molecular formula is C16H17F2N3O2S. The lowest BCUT2D eigenvalue weighted by Gasteiger charge is -2.18. The van der Waals surface area contributed by atoms with Gasteiger partial charge in [-0.2, -0.15) is 0 Å². The second-order valence-corrected chi connectivity index (χ2v) is 7.59. The molecule has 1 aliphatic carbocycles. The molecule has 0 amide bonds. The summed E-state index contributed by atoms with van der Waals surface area (Å²) >= 11 is 0. The van der Waals surface area contributed by atoms with Crippen molar-refractivity contribution in [2.75, 3.05) is 23.2 Å². The lowest BCUT2D eigenvalue weighted by atomic mass is 10.3. The van der Waals surface area contributed by atoms with E-state index in [9.17, 15) is 17.2 Å². The number of anilines is 2. The number of hydrogen-bond acceptors (Lipinski definition) is 4. The lowest BCUT2D eigenvalue weighted by molar-refractivity contribution is 0.509. The van der Waals surface area contributed by atoms with Crippen LogP contribution < -0.4 is 9.62 Å². The molecule has 8 heteroatoms. The minimum atomic E-state index is -3.92. The summed E-state index contributed by atoms with van der Waals surface area (Å²) in [7, 11) is -2.01. The largest absolute Gasteiger partial charge is 0.359 e. The molecule has 1 heterocycles. The van der Waals surface area contributed by atoms with Gasteiger partial charge in [0, 0.05) is 25.9 Å². The molecule has 1 N–H and O–H groups in total.